The Morgan fingerprint density at radius 1 is 1.24 bits per heavy atom. The van der Waals surface area contributed by atoms with Crippen LogP contribution in [0.2, 0.25) is 0 Å². The topological polar surface area (TPSA) is 83.9 Å². The van der Waals surface area contributed by atoms with E-state index in [2.05, 4.69) is 10.3 Å². The molecule has 0 saturated carbocycles. The third kappa shape index (κ3) is 4.52. The van der Waals surface area contributed by atoms with Gasteiger partial charge in [0.05, 0.1) is 18.8 Å². The van der Waals surface area contributed by atoms with Crippen LogP contribution in [0.3, 0.4) is 0 Å². The van der Waals surface area contributed by atoms with Gasteiger partial charge in [-0.15, -0.1) is 0 Å². The summed E-state index contributed by atoms with van der Waals surface area (Å²) in [6.45, 7) is 8.15. The molecule has 7 nitrogen and oxygen atoms in total. The lowest BCUT2D eigenvalue weighted by molar-refractivity contribution is -0.0221. The van der Waals surface area contributed by atoms with E-state index in [1.165, 1.54) is 11.1 Å². The van der Waals surface area contributed by atoms with Crippen LogP contribution >= 0.6 is 0 Å². The summed E-state index contributed by atoms with van der Waals surface area (Å²) in [6.07, 6.45) is 0.607. The predicted octanol–water partition coefficient (Wildman–Crippen LogP) is 2.76. The molecule has 1 amide bonds. The summed E-state index contributed by atoms with van der Waals surface area (Å²) in [5, 5.41) is 14.1. The molecule has 0 bridgehead atoms. The van der Waals surface area contributed by atoms with Gasteiger partial charge in [-0.3, -0.25) is 4.98 Å². The van der Waals surface area contributed by atoms with E-state index >= 15 is 0 Å². The van der Waals surface area contributed by atoms with Crippen LogP contribution in [0.15, 0.2) is 36.5 Å². The van der Waals surface area contributed by atoms with E-state index in [4.69, 9.17) is 9.47 Å². The van der Waals surface area contributed by atoms with Gasteiger partial charge in [-0.1, -0.05) is 12.1 Å². The van der Waals surface area contributed by atoms with E-state index in [1.54, 1.807) is 4.90 Å². The van der Waals surface area contributed by atoms with Crippen LogP contribution in [0, 0.1) is 0 Å². The first kappa shape index (κ1) is 19.7. The molecule has 2 aliphatic heterocycles. The lowest BCUT2D eigenvalue weighted by Crippen LogP contribution is -2.57. The number of hydrogen-bond donors (Lipinski definition) is 2. The lowest BCUT2D eigenvalue weighted by atomic mass is 10.0. The van der Waals surface area contributed by atoms with E-state index in [0.29, 0.717) is 24.5 Å². The van der Waals surface area contributed by atoms with Crippen molar-refractivity contribution in [1.82, 2.24) is 15.2 Å². The fraction of sp³-hybridized carbons (Fsp3) is 0.455. The van der Waals surface area contributed by atoms with Crippen LogP contribution in [0.1, 0.15) is 49.3 Å². The van der Waals surface area contributed by atoms with Crippen LogP contribution in [0.25, 0.3) is 0 Å². The third-order valence-electron chi connectivity index (χ3n) is 4.99. The van der Waals surface area contributed by atoms with Gasteiger partial charge >= 0.3 is 6.09 Å². The van der Waals surface area contributed by atoms with Crippen molar-refractivity contribution in [3.05, 3.63) is 58.9 Å². The Morgan fingerprint density at radius 2 is 2.00 bits per heavy atom. The number of pyridine rings is 1. The van der Waals surface area contributed by atoms with Crippen molar-refractivity contribution >= 4 is 6.09 Å². The van der Waals surface area contributed by atoms with E-state index in [-0.39, 0.29) is 12.2 Å². The second-order valence-corrected chi connectivity index (χ2v) is 8.58. The molecule has 1 unspecified atom stereocenters. The van der Waals surface area contributed by atoms with E-state index < -0.39 is 11.7 Å². The van der Waals surface area contributed by atoms with Gasteiger partial charge < -0.3 is 24.8 Å². The fourth-order valence-corrected chi connectivity index (χ4v) is 3.46. The number of carbonyl (C=O) groups excluding carboxylic acids is 1. The molecule has 1 aromatic heterocycles. The number of rotatable bonds is 4. The minimum absolute atomic E-state index is 0.0842. The van der Waals surface area contributed by atoms with Gasteiger partial charge in [-0.2, -0.15) is 0 Å². The quantitative estimate of drug-likeness (QED) is 0.825. The van der Waals surface area contributed by atoms with E-state index in [9.17, 15) is 9.90 Å². The van der Waals surface area contributed by atoms with Crippen molar-refractivity contribution < 1.29 is 19.4 Å². The Kier molecular flexibility index (Phi) is 5.19. The first-order chi connectivity index (χ1) is 13.8. The standard InChI is InChI=1S/C22H27N3O4/c1-22(2,3)29-21(27)25-12-18(13-25)28-17-6-4-5-14(7-17)20(26)19-8-15-9-23-10-16(15)11-24-19/h4-8,11,18,20,23,26H,9-10,12-13H2,1-3H3. The van der Waals surface area contributed by atoms with Crippen LogP contribution in [0.5, 0.6) is 5.75 Å². The number of ether oxygens (including phenoxy) is 2. The maximum absolute atomic E-state index is 12.0. The Labute approximate surface area is 170 Å². The van der Waals surface area contributed by atoms with E-state index in [1.807, 2.05) is 57.3 Å². The summed E-state index contributed by atoms with van der Waals surface area (Å²) in [4.78, 5) is 18.1. The Morgan fingerprint density at radius 3 is 2.76 bits per heavy atom. The molecule has 1 fully saturated rings. The van der Waals surface area contributed by atoms with Crippen LogP contribution in [-0.4, -0.2) is 45.9 Å². The Bertz CT molecular complexity index is 903. The number of aliphatic hydroxyl groups is 1. The minimum atomic E-state index is -0.816. The molecule has 0 radical (unpaired) electrons. The highest BCUT2D eigenvalue weighted by Gasteiger charge is 2.35. The van der Waals surface area contributed by atoms with Gasteiger partial charge in [0.2, 0.25) is 0 Å². The number of carbonyl (C=O) groups is 1. The average Bonchev–Trinajstić information content (AvgIpc) is 3.10. The third-order valence-corrected chi connectivity index (χ3v) is 4.99. The maximum Gasteiger partial charge on any atom is 0.410 e. The Hall–Kier alpha value is -2.64. The van der Waals surface area contributed by atoms with Crippen LogP contribution in [-0.2, 0) is 17.8 Å². The summed E-state index contributed by atoms with van der Waals surface area (Å²) >= 11 is 0. The molecule has 1 atom stereocenters. The number of amides is 1. The molecule has 1 saturated heterocycles. The fourth-order valence-electron chi connectivity index (χ4n) is 3.46. The molecule has 2 aromatic rings. The lowest BCUT2D eigenvalue weighted by Gasteiger charge is -2.39. The molecule has 4 rings (SSSR count). The number of aliphatic hydroxyl groups excluding tert-OH is 1. The zero-order chi connectivity index (χ0) is 20.6. The second-order valence-electron chi connectivity index (χ2n) is 8.58. The monoisotopic (exact) mass is 397 g/mol. The average molecular weight is 397 g/mol. The highest BCUT2D eigenvalue weighted by atomic mass is 16.6. The first-order valence-electron chi connectivity index (χ1n) is 9.89. The summed E-state index contributed by atoms with van der Waals surface area (Å²) in [5.74, 6) is 0.665. The normalized spacial score (nSPS) is 17.4. The van der Waals surface area contributed by atoms with E-state index in [0.717, 1.165) is 18.7 Å². The highest BCUT2D eigenvalue weighted by molar-refractivity contribution is 5.69. The molecule has 29 heavy (non-hydrogen) atoms. The number of hydrogen-bond acceptors (Lipinski definition) is 6. The van der Waals surface area contributed by atoms with Gasteiger partial charge in [-0.25, -0.2) is 4.79 Å². The summed E-state index contributed by atoms with van der Waals surface area (Å²) < 4.78 is 11.3. The first-order valence-corrected chi connectivity index (χ1v) is 9.89. The number of benzene rings is 1. The molecule has 0 spiro atoms. The minimum Gasteiger partial charge on any atom is -0.487 e. The molecule has 2 aliphatic rings. The van der Waals surface area contributed by atoms with Crippen LogP contribution < -0.4 is 10.1 Å². The molecule has 154 valence electrons. The second kappa shape index (κ2) is 7.65. The predicted molar refractivity (Wildman–Crippen MR) is 108 cm³/mol. The molecular weight excluding hydrogens is 370 g/mol. The van der Waals surface area contributed by atoms with Crippen molar-refractivity contribution in [2.75, 3.05) is 13.1 Å². The number of fused-ring (bicyclic) bond motifs is 1. The van der Waals surface area contributed by atoms with Crippen molar-refractivity contribution in [2.45, 2.75) is 51.7 Å². The molecule has 2 N–H and O–H groups in total. The van der Waals surface area contributed by atoms with Crippen LogP contribution in [0.4, 0.5) is 4.79 Å². The summed E-state index contributed by atoms with van der Waals surface area (Å²) in [7, 11) is 0. The largest absolute Gasteiger partial charge is 0.487 e. The highest BCUT2D eigenvalue weighted by Crippen LogP contribution is 2.28. The summed E-state index contributed by atoms with van der Waals surface area (Å²) in [5.41, 5.74) is 3.21. The number of likely N-dealkylation sites (tertiary alicyclic amines) is 1. The number of aromatic nitrogens is 1. The van der Waals surface area contributed by atoms with Crippen molar-refractivity contribution in [1.29, 1.82) is 0 Å². The zero-order valence-electron chi connectivity index (χ0n) is 17.0. The number of nitrogens with one attached hydrogen (secondary N) is 1. The maximum atomic E-state index is 12.0. The molecule has 7 heteroatoms. The molecular formula is C22H27N3O4. The van der Waals surface area contributed by atoms with Crippen molar-refractivity contribution in [2.24, 2.45) is 0 Å². The van der Waals surface area contributed by atoms with Gasteiger partial charge in [0.15, 0.2) is 0 Å². The van der Waals surface area contributed by atoms with Crippen molar-refractivity contribution in [3.8, 4) is 5.75 Å². The van der Waals surface area contributed by atoms with Gasteiger partial charge in [-0.05, 0) is 55.7 Å². The Balaban J connectivity index is 1.37. The smallest absolute Gasteiger partial charge is 0.410 e. The number of nitrogens with zero attached hydrogens (tertiary/aromatic N) is 2. The zero-order valence-corrected chi connectivity index (χ0v) is 17.0. The van der Waals surface area contributed by atoms with Gasteiger partial charge in [0.1, 0.15) is 23.6 Å². The van der Waals surface area contributed by atoms with Gasteiger partial charge in [0.25, 0.3) is 0 Å². The van der Waals surface area contributed by atoms with Crippen molar-refractivity contribution in [3.63, 3.8) is 0 Å². The SMILES string of the molecule is CC(C)(C)OC(=O)N1CC(Oc2cccc(C(O)c3cc4c(cn3)CNC4)c2)C1. The summed E-state index contributed by atoms with van der Waals surface area (Å²) in [6, 6.07) is 9.35. The molecule has 1 aromatic carbocycles. The molecule has 3 heterocycles. The molecule has 0 aliphatic carbocycles. The van der Waals surface area contributed by atoms with Gasteiger partial charge in [0, 0.05) is 19.3 Å².